The highest BCUT2D eigenvalue weighted by Crippen LogP contribution is 2.22. The molecule has 1 heterocycles. The molecule has 2 aromatic carbocycles. The number of anilines is 2. The standard InChI is InChI=1S/C26H27N3O5/c1-3-7-23-22(4-2)33-16-24(34-23)26(32)29-18-12-10-17(11-13-18)15-28-21-9-6-5-8-19(21)20(27)14-25(30)31/h3-13,24,27-28H,2,14-16H2,1H3,(H,29,32)(H,30,31)/b7-3-,27-20?. The molecule has 3 rings (SSSR count). The summed E-state index contributed by atoms with van der Waals surface area (Å²) in [7, 11) is 0. The van der Waals surface area contributed by atoms with E-state index < -0.39 is 12.1 Å². The number of para-hydroxylation sites is 1. The number of benzene rings is 2. The number of hydrogen-bond acceptors (Lipinski definition) is 6. The Hall–Kier alpha value is -4.33. The van der Waals surface area contributed by atoms with Crippen molar-refractivity contribution in [2.24, 2.45) is 0 Å². The highest BCUT2D eigenvalue weighted by Gasteiger charge is 2.27. The lowest BCUT2D eigenvalue weighted by atomic mass is 10.0. The maximum absolute atomic E-state index is 12.6. The second-order valence-corrected chi connectivity index (χ2v) is 7.48. The molecule has 8 nitrogen and oxygen atoms in total. The SMILES string of the molecule is C=CC1=C(/C=C\C)OC(C(=O)Nc2ccc(CNc3ccccc3C(=N)CC(=O)O)cc2)CO1. The molecule has 0 radical (unpaired) electrons. The molecule has 176 valence electrons. The number of allylic oxidation sites excluding steroid dienone is 3. The van der Waals surface area contributed by atoms with Crippen LogP contribution in [0.4, 0.5) is 11.4 Å². The van der Waals surface area contributed by atoms with Crippen LogP contribution in [0.2, 0.25) is 0 Å². The van der Waals surface area contributed by atoms with Gasteiger partial charge in [-0.3, -0.25) is 9.59 Å². The lowest BCUT2D eigenvalue weighted by Crippen LogP contribution is -2.36. The van der Waals surface area contributed by atoms with Crippen molar-refractivity contribution in [1.29, 1.82) is 5.41 Å². The Kier molecular flexibility index (Phi) is 8.23. The molecule has 0 fully saturated rings. The average Bonchev–Trinajstić information content (AvgIpc) is 2.83. The minimum absolute atomic E-state index is 0.0372. The Labute approximate surface area is 198 Å². The summed E-state index contributed by atoms with van der Waals surface area (Å²) in [4.78, 5) is 23.6. The maximum Gasteiger partial charge on any atom is 0.309 e. The van der Waals surface area contributed by atoms with E-state index >= 15 is 0 Å². The monoisotopic (exact) mass is 461 g/mol. The Morgan fingerprint density at radius 1 is 1.18 bits per heavy atom. The molecule has 1 atom stereocenters. The Bertz CT molecular complexity index is 1140. The van der Waals surface area contributed by atoms with Crippen LogP contribution in [0, 0.1) is 5.41 Å². The second-order valence-electron chi connectivity index (χ2n) is 7.48. The van der Waals surface area contributed by atoms with Gasteiger partial charge in [-0.25, -0.2) is 0 Å². The summed E-state index contributed by atoms with van der Waals surface area (Å²) in [5, 5.41) is 23.1. The van der Waals surface area contributed by atoms with Gasteiger partial charge in [0.15, 0.2) is 11.5 Å². The van der Waals surface area contributed by atoms with Crippen molar-refractivity contribution in [2.45, 2.75) is 26.0 Å². The van der Waals surface area contributed by atoms with E-state index in [4.69, 9.17) is 20.0 Å². The van der Waals surface area contributed by atoms with Crippen molar-refractivity contribution in [2.75, 3.05) is 17.2 Å². The van der Waals surface area contributed by atoms with Crippen LogP contribution in [0.15, 0.2) is 84.9 Å². The molecule has 34 heavy (non-hydrogen) atoms. The quantitative estimate of drug-likeness (QED) is 0.388. The van der Waals surface area contributed by atoms with Crippen LogP contribution in [0.3, 0.4) is 0 Å². The normalized spacial score (nSPS) is 15.3. The van der Waals surface area contributed by atoms with E-state index in [2.05, 4.69) is 17.2 Å². The van der Waals surface area contributed by atoms with Gasteiger partial charge >= 0.3 is 5.97 Å². The Balaban J connectivity index is 1.59. The minimum atomic E-state index is -1.04. The first-order valence-electron chi connectivity index (χ1n) is 10.7. The Morgan fingerprint density at radius 3 is 2.59 bits per heavy atom. The third-order valence-electron chi connectivity index (χ3n) is 4.98. The smallest absolute Gasteiger partial charge is 0.309 e. The molecule has 8 heteroatoms. The zero-order chi connectivity index (χ0) is 24.5. The summed E-state index contributed by atoms with van der Waals surface area (Å²) < 4.78 is 11.3. The number of hydrogen-bond donors (Lipinski definition) is 4. The summed E-state index contributed by atoms with van der Waals surface area (Å²) in [6, 6.07) is 14.4. The van der Waals surface area contributed by atoms with Crippen molar-refractivity contribution < 1.29 is 24.2 Å². The average molecular weight is 462 g/mol. The second kappa shape index (κ2) is 11.5. The largest absolute Gasteiger partial charge is 0.485 e. The lowest BCUT2D eigenvalue weighted by Gasteiger charge is -2.26. The van der Waals surface area contributed by atoms with Crippen LogP contribution >= 0.6 is 0 Å². The van der Waals surface area contributed by atoms with Crippen molar-refractivity contribution in [1.82, 2.24) is 0 Å². The first-order valence-corrected chi connectivity index (χ1v) is 10.7. The fourth-order valence-corrected chi connectivity index (χ4v) is 3.32. The number of nitrogens with one attached hydrogen (secondary N) is 3. The predicted molar refractivity (Wildman–Crippen MR) is 131 cm³/mol. The molecule has 4 N–H and O–H groups in total. The zero-order valence-electron chi connectivity index (χ0n) is 18.8. The first-order chi connectivity index (χ1) is 16.4. The number of carboxylic acids is 1. The molecule has 0 bridgehead atoms. The van der Waals surface area contributed by atoms with Gasteiger partial charge in [-0.2, -0.15) is 0 Å². The molecular weight excluding hydrogens is 434 g/mol. The van der Waals surface area contributed by atoms with Crippen LogP contribution in [0.25, 0.3) is 0 Å². The third-order valence-corrected chi connectivity index (χ3v) is 4.98. The summed E-state index contributed by atoms with van der Waals surface area (Å²) in [6.07, 6.45) is 3.93. The summed E-state index contributed by atoms with van der Waals surface area (Å²) >= 11 is 0. The van der Waals surface area contributed by atoms with E-state index in [1.807, 2.05) is 25.1 Å². The van der Waals surface area contributed by atoms with Crippen molar-refractivity contribution in [3.8, 4) is 0 Å². The van der Waals surface area contributed by atoms with Gasteiger partial charge in [0.1, 0.15) is 6.61 Å². The summed E-state index contributed by atoms with van der Waals surface area (Å²) in [6.45, 7) is 6.08. The van der Waals surface area contributed by atoms with Gasteiger partial charge in [0.25, 0.3) is 5.91 Å². The highest BCUT2D eigenvalue weighted by molar-refractivity contribution is 6.10. The van der Waals surface area contributed by atoms with Gasteiger partial charge in [0.2, 0.25) is 6.10 Å². The molecule has 0 saturated carbocycles. The van der Waals surface area contributed by atoms with Crippen LogP contribution in [-0.4, -0.2) is 35.4 Å². The zero-order valence-corrected chi connectivity index (χ0v) is 18.8. The number of rotatable bonds is 10. The van der Waals surface area contributed by atoms with Gasteiger partial charge in [-0.15, -0.1) is 0 Å². The van der Waals surface area contributed by atoms with Crippen LogP contribution in [0.1, 0.15) is 24.5 Å². The first kappa shape index (κ1) is 24.3. The molecule has 1 aliphatic rings. The number of ether oxygens (including phenoxy) is 2. The van der Waals surface area contributed by atoms with Gasteiger partial charge in [-0.05, 0) is 42.8 Å². The highest BCUT2D eigenvalue weighted by atomic mass is 16.6. The van der Waals surface area contributed by atoms with Gasteiger partial charge in [0.05, 0.1) is 12.1 Å². The van der Waals surface area contributed by atoms with E-state index in [1.54, 1.807) is 48.6 Å². The molecule has 1 aliphatic heterocycles. The molecule has 1 unspecified atom stereocenters. The number of carboxylic acid groups (broad SMARTS) is 1. The van der Waals surface area contributed by atoms with E-state index in [0.29, 0.717) is 35.0 Å². The topological polar surface area (TPSA) is 121 Å². The number of carbonyl (C=O) groups is 2. The lowest BCUT2D eigenvalue weighted by molar-refractivity contribution is -0.135. The Morgan fingerprint density at radius 2 is 1.91 bits per heavy atom. The van der Waals surface area contributed by atoms with E-state index in [-0.39, 0.29) is 24.6 Å². The third kappa shape index (κ3) is 6.35. The van der Waals surface area contributed by atoms with Crippen LogP contribution in [0.5, 0.6) is 0 Å². The molecule has 0 aliphatic carbocycles. The van der Waals surface area contributed by atoms with Crippen molar-refractivity contribution in [3.05, 3.63) is 96.0 Å². The van der Waals surface area contributed by atoms with Gasteiger partial charge in [-0.1, -0.05) is 43.0 Å². The van der Waals surface area contributed by atoms with Gasteiger partial charge in [0, 0.05) is 23.5 Å². The minimum Gasteiger partial charge on any atom is -0.485 e. The predicted octanol–water partition coefficient (Wildman–Crippen LogP) is 4.47. The maximum atomic E-state index is 12.6. The fourth-order valence-electron chi connectivity index (χ4n) is 3.32. The van der Waals surface area contributed by atoms with Crippen LogP contribution < -0.4 is 10.6 Å². The molecule has 0 spiro atoms. The van der Waals surface area contributed by atoms with Crippen molar-refractivity contribution >= 4 is 29.0 Å². The summed E-state index contributed by atoms with van der Waals surface area (Å²) in [5.74, 6) is -0.402. The van der Waals surface area contributed by atoms with Crippen molar-refractivity contribution in [3.63, 3.8) is 0 Å². The summed E-state index contributed by atoms with van der Waals surface area (Å²) in [5.41, 5.74) is 2.84. The molecule has 1 amide bonds. The molecule has 2 aromatic rings. The van der Waals surface area contributed by atoms with E-state index in [9.17, 15) is 9.59 Å². The molecule has 0 aromatic heterocycles. The number of carbonyl (C=O) groups excluding carboxylic acids is 1. The number of aliphatic carboxylic acids is 1. The van der Waals surface area contributed by atoms with E-state index in [0.717, 1.165) is 5.56 Å². The van der Waals surface area contributed by atoms with E-state index in [1.165, 1.54) is 0 Å². The van der Waals surface area contributed by atoms with Crippen LogP contribution in [-0.2, 0) is 25.6 Å². The fraction of sp³-hybridized carbons (Fsp3) is 0.192. The number of amides is 1. The van der Waals surface area contributed by atoms with Gasteiger partial charge < -0.3 is 30.6 Å². The molecular formula is C26H27N3O5. The molecule has 0 saturated heterocycles.